The quantitative estimate of drug-likeness (QED) is 0.620. The van der Waals surface area contributed by atoms with E-state index in [1.165, 1.54) is 0 Å². The second-order valence-electron chi connectivity index (χ2n) is 5.85. The van der Waals surface area contributed by atoms with Crippen LogP contribution >= 0.6 is 0 Å². The van der Waals surface area contributed by atoms with Gasteiger partial charge in [0.1, 0.15) is 12.1 Å². The van der Waals surface area contributed by atoms with Crippen LogP contribution in [0, 0.1) is 17.8 Å². The van der Waals surface area contributed by atoms with Gasteiger partial charge in [-0.25, -0.2) is 0 Å². The fourth-order valence-electron chi connectivity index (χ4n) is 1.96. The molecule has 126 valence electrons. The van der Waals surface area contributed by atoms with Crippen molar-refractivity contribution in [1.29, 1.82) is 0 Å². The van der Waals surface area contributed by atoms with Crippen LogP contribution in [0.4, 0.5) is 0 Å². The van der Waals surface area contributed by atoms with Crippen LogP contribution in [0.2, 0.25) is 0 Å². The maximum absolute atomic E-state index is 12.3. The van der Waals surface area contributed by atoms with Crippen LogP contribution in [0.3, 0.4) is 0 Å². The van der Waals surface area contributed by atoms with Gasteiger partial charge in [-0.3, -0.25) is 9.69 Å². The van der Waals surface area contributed by atoms with Crippen LogP contribution < -0.4 is 5.73 Å². The van der Waals surface area contributed by atoms with Gasteiger partial charge in [-0.1, -0.05) is 56.0 Å². The Kier molecular flexibility index (Phi) is 7.80. The average molecular weight is 316 g/mol. The number of benzene rings is 1. The van der Waals surface area contributed by atoms with Crippen LogP contribution in [0.25, 0.3) is 0 Å². The zero-order valence-corrected chi connectivity index (χ0v) is 14.6. The molecule has 4 nitrogen and oxygen atoms in total. The summed E-state index contributed by atoms with van der Waals surface area (Å²) in [5, 5.41) is 0. The lowest BCUT2D eigenvalue weighted by atomic mass is 9.88. The van der Waals surface area contributed by atoms with E-state index in [0.29, 0.717) is 6.54 Å². The van der Waals surface area contributed by atoms with E-state index in [0.717, 1.165) is 18.7 Å². The molecular formula is C19H28N2O2. The van der Waals surface area contributed by atoms with E-state index in [9.17, 15) is 4.79 Å². The number of nitrogens with zero attached hydrogens (tertiary/aromatic N) is 1. The van der Waals surface area contributed by atoms with Crippen LogP contribution in [0.5, 0.6) is 0 Å². The molecule has 0 unspecified atom stereocenters. The molecule has 0 bridgehead atoms. The van der Waals surface area contributed by atoms with E-state index in [1.54, 1.807) is 6.92 Å². The molecular weight excluding hydrogens is 288 g/mol. The van der Waals surface area contributed by atoms with Gasteiger partial charge in [0.15, 0.2) is 0 Å². The normalized spacial score (nSPS) is 14.5. The molecule has 0 aliphatic carbocycles. The van der Waals surface area contributed by atoms with Gasteiger partial charge in [-0.2, -0.15) is 0 Å². The third-order valence-corrected chi connectivity index (χ3v) is 4.07. The summed E-state index contributed by atoms with van der Waals surface area (Å²) in [7, 11) is 0. The van der Waals surface area contributed by atoms with Gasteiger partial charge < -0.3 is 10.5 Å². The molecule has 0 aliphatic rings. The molecule has 2 N–H and O–H groups in total. The van der Waals surface area contributed by atoms with Gasteiger partial charge >= 0.3 is 5.97 Å². The van der Waals surface area contributed by atoms with Crippen molar-refractivity contribution in [3.63, 3.8) is 0 Å². The lowest BCUT2D eigenvalue weighted by Gasteiger charge is -2.26. The molecule has 0 fully saturated rings. The van der Waals surface area contributed by atoms with E-state index < -0.39 is 11.5 Å². The fraction of sp³-hybridized carbons (Fsp3) is 0.526. The van der Waals surface area contributed by atoms with Crippen LogP contribution in [-0.4, -0.2) is 36.0 Å². The van der Waals surface area contributed by atoms with Crippen molar-refractivity contribution in [2.24, 2.45) is 11.7 Å². The molecule has 0 heterocycles. The summed E-state index contributed by atoms with van der Waals surface area (Å²) in [6.07, 6.45) is 0. The Bertz CT molecular complexity index is 539. The fourth-order valence-corrected chi connectivity index (χ4v) is 1.96. The smallest absolute Gasteiger partial charge is 0.327 e. The summed E-state index contributed by atoms with van der Waals surface area (Å²) in [6, 6.07) is 9.56. The molecule has 4 heteroatoms. The highest BCUT2D eigenvalue weighted by Gasteiger charge is 2.35. The van der Waals surface area contributed by atoms with Crippen molar-refractivity contribution >= 4 is 5.97 Å². The number of carbonyl (C=O) groups excluding carboxylic acids is 1. The maximum Gasteiger partial charge on any atom is 0.327 e. The van der Waals surface area contributed by atoms with Crippen molar-refractivity contribution in [2.75, 3.05) is 19.6 Å². The predicted molar refractivity (Wildman–Crippen MR) is 93.6 cm³/mol. The molecule has 1 aromatic carbocycles. The van der Waals surface area contributed by atoms with Crippen LogP contribution in [-0.2, 0) is 16.1 Å². The van der Waals surface area contributed by atoms with E-state index >= 15 is 0 Å². The minimum absolute atomic E-state index is 0.228. The van der Waals surface area contributed by atoms with E-state index in [-0.39, 0.29) is 12.5 Å². The molecule has 23 heavy (non-hydrogen) atoms. The largest absolute Gasteiger partial charge is 0.459 e. The van der Waals surface area contributed by atoms with Crippen molar-refractivity contribution in [3.8, 4) is 11.8 Å². The number of hydrogen-bond acceptors (Lipinski definition) is 4. The molecule has 0 radical (unpaired) electrons. The first-order valence-corrected chi connectivity index (χ1v) is 8.12. The Morgan fingerprint density at radius 1 is 1.30 bits per heavy atom. The zero-order valence-electron chi connectivity index (χ0n) is 14.6. The first-order chi connectivity index (χ1) is 10.9. The summed E-state index contributed by atoms with van der Waals surface area (Å²) >= 11 is 0. The van der Waals surface area contributed by atoms with Gasteiger partial charge in [-0.05, 0) is 32.5 Å². The van der Waals surface area contributed by atoms with Crippen molar-refractivity contribution in [3.05, 3.63) is 35.9 Å². The molecule has 0 aromatic heterocycles. The van der Waals surface area contributed by atoms with Gasteiger partial charge in [0, 0.05) is 5.92 Å². The Morgan fingerprint density at radius 3 is 2.48 bits per heavy atom. The van der Waals surface area contributed by atoms with Crippen LogP contribution in [0.15, 0.2) is 30.3 Å². The second-order valence-corrected chi connectivity index (χ2v) is 5.85. The standard InChI is InChI=1S/C19H28N2O2/c1-5-21(6-2)14-10-11-16(3)19(4,20)18(22)23-15-17-12-8-7-9-13-17/h7-9,12-13,16H,5-6,14-15,20H2,1-4H3/t16-,19+/m1/s1. The Morgan fingerprint density at radius 2 is 1.91 bits per heavy atom. The van der Waals surface area contributed by atoms with Gasteiger partial charge in [0.2, 0.25) is 0 Å². The third kappa shape index (κ3) is 6.05. The minimum Gasteiger partial charge on any atom is -0.459 e. The number of rotatable bonds is 7. The summed E-state index contributed by atoms with van der Waals surface area (Å²) in [6.45, 7) is 10.6. The van der Waals surface area contributed by atoms with Crippen LogP contribution in [0.1, 0.15) is 33.3 Å². The van der Waals surface area contributed by atoms with Crippen molar-refractivity contribution < 1.29 is 9.53 Å². The SMILES string of the molecule is CCN(CC)CC#C[C@@H](C)[C@](C)(N)C(=O)OCc1ccccc1. The summed E-state index contributed by atoms with van der Waals surface area (Å²) in [5.41, 5.74) is 5.98. The Balaban J connectivity index is 2.58. The van der Waals surface area contributed by atoms with E-state index in [1.807, 2.05) is 37.3 Å². The summed E-state index contributed by atoms with van der Waals surface area (Å²) < 4.78 is 5.34. The average Bonchev–Trinajstić information content (AvgIpc) is 2.57. The molecule has 1 aromatic rings. The molecule has 2 atom stereocenters. The van der Waals surface area contributed by atoms with Gasteiger partial charge in [-0.15, -0.1) is 0 Å². The number of hydrogen-bond donors (Lipinski definition) is 1. The zero-order chi connectivity index (χ0) is 17.3. The number of ether oxygens (including phenoxy) is 1. The summed E-state index contributed by atoms with van der Waals surface area (Å²) in [5.74, 6) is 5.49. The number of carbonyl (C=O) groups is 1. The third-order valence-electron chi connectivity index (χ3n) is 4.07. The Labute approximate surface area is 140 Å². The Hall–Kier alpha value is -1.83. The maximum atomic E-state index is 12.3. The lowest BCUT2D eigenvalue weighted by molar-refractivity contribution is -0.152. The highest BCUT2D eigenvalue weighted by atomic mass is 16.5. The number of nitrogens with two attached hydrogens (primary N) is 1. The molecule has 0 saturated heterocycles. The highest BCUT2D eigenvalue weighted by Crippen LogP contribution is 2.16. The first kappa shape index (κ1) is 19.2. The minimum atomic E-state index is -1.12. The van der Waals surface area contributed by atoms with Crippen molar-refractivity contribution in [1.82, 2.24) is 4.90 Å². The van der Waals surface area contributed by atoms with E-state index in [2.05, 4.69) is 30.6 Å². The topological polar surface area (TPSA) is 55.6 Å². The van der Waals surface area contributed by atoms with Gasteiger partial charge in [0.25, 0.3) is 0 Å². The van der Waals surface area contributed by atoms with Gasteiger partial charge in [0.05, 0.1) is 6.54 Å². The number of esters is 1. The van der Waals surface area contributed by atoms with E-state index in [4.69, 9.17) is 10.5 Å². The molecule has 0 saturated carbocycles. The molecule has 1 rings (SSSR count). The monoisotopic (exact) mass is 316 g/mol. The molecule has 0 spiro atoms. The van der Waals surface area contributed by atoms with Crippen molar-refractivity contribution in [2.45, 2.75) is 39.8 Å². The second kappa shape index (κ2) is 9.34. The summed E-state index contributed by atoms with van der Waals surface area (Å²) in [4.78, 5) is 14.5. The lowest BCUT2D eigenvalue weighted by Crippen LogP contribution is -2.51. The highest BCUT2D eigenvalue weighted by molar-refractivity contribution is 5.81. The molecule has 0 amide bonds. The predicted octanol–water partition coefficient (Wildman–Crippen LogP) is 2.43. The first-order valence-electron chi connectivity index (χ1n) is 8.12. The molecule has 0 aliphatic heterocycles.